The van der Waals surface area contributed by atoms with Gasteiger partial charge in [0.05, 0.1) is 11.9 Å². The number of piperidine rings is 1. The molecule has 1 N–H and O–H groups in total. The molecular weight excluding hydrogens is 409 g/mol. The average molecular weight is 428 g/mol. The summed E-state index contributed by atoms with van der Waals surface area (Å²) in [5.74, 6) is -0.832. The molecule has 154 valence electrons. The maximum atomic E-state index is 13.0. The van der Waals surface area contributed by atoms with Gasteiger partial charge >= 0.3 is 0 Å². The molecule has 2 amide bonds. The van der Waals surface area contributed by atoms with Gasteiger partial charge in [-0.2, -0.15) is 0 Å². The molecule has 1 fully saturated rings. The van der Waals surface area contributed by atoms with Crippen LogP contribution < -0.4 is 5.32 Å². The summed E-state index contributed by atoms with van der Waals surface area (Å²) in [5.41, 5.74) is 1.38. The number of halogens is 2. The molecule has 0 atom stereocenters. The summed E-state index contributed by atoms with van der Waals surface area (Å²) in [7, 11) is 0. The third-order valence-corrected chi connectivity index (χ3v) is 5.24. The molecule has 1 aliphatic heterocycles. The van der Waals surface area contributed by atoms with E-state index in [0.29, 0.717) is 36.5 Å². The number of carbonyl (C=O) groups is 2. The maximum Gasteiger partial charge on any atom is 0.276 e. The van der Waals surface area contributed by atoms with Crippen LogP contribution in [0, 0.1) is 5.82 Å². The van der Waals surface area contributed by atoms with Crippen molar-refractivity contribution in [1.82, 2.24) is 25.2 Å². The van der Waals surface area contributed by atoms with Crippen molar-refractivity contribution in [3.05, 3.63) is 76.8 Å². The Hall–Kier alpha value is -3.26. The summed E-state index contributed by atoms with van der Waals surface area (Å²) < 4.78 is 14.5. The topological polar surface area (TPSA) is 80.1 Å². The summed E-state index contributed by atoms with van der Waals surface area (Å²) in [6.45, 7) is 0.994. The van der Waals surface area contributed by atoms with E-state index in [1.807, 2.05) is 6.07 Å². The number of aromatic nitrogens is 3. The minimum Gasteiger partial charge on any atom is -0.349 e. The van der Waals surface area contributed by atoms with Crippen LogP contribution in [-0.2, 0) is 0 Å². The lowest BCUT2D eigenvalue weighted by molar-refractivity contribution is 0.0692. The first-order chi connectivity index (χ1) is 14.5. The van der Waals surface area contributed by atoms with Crippen molar-refractivity contribution in [3.63, 3.8) is 0 Å². The Labute approximate surface area is 177 Å². The molecule has 0 radical (unpaired) electrons. The average Bonchev–Trinajstić information content (AvgIpc) is 3.24. The fraction of sp³-hybridized carbons (Fsp3) is 0.238. The second-order valence-electron chi connectivity index (χ2n) is 7.08. The summed E-state index contributed by atoms with van der Waals surface area (Å²) in [4.78, 5) is 26.7. The summed E-state index contributed by atoms with van der Waals surface area (Å²) >= 11 is 6.00. The number of rotatable bonds is 4. The fourth-order valence-corrected chi connectivity index (χ4v) is 3.55. The molecule has 4 rings (SSSR count). The van der Waals surface area contributed by atoms with Gasteiger partial charge in [-0.1, -0.05) is 22.9 Å². The number of likely N-dealkylation sites (tertiary alicyclic amines) is 1. The smallest absolute Gasteiger partial charge is 0.276 e. The molecule has 0 saturated carbocycles. The van der Waals surface area contributed by atoms with E-state index < -0.39 is 0 Å². The Morgan fingerprint density at radius 2 is 1.83 bits per heavy atom. The molecule has 1 aliphatic rings. The zero-order chi connectivity index (χ0) is 21.1. The van der Waals surface area contributed by atoms with E-state index in [2.05, 4.69) is 15.6 Å². The number of nitrogens with one attached hydrogen (secondary N) is 1. The van der Waals surface area contributed by atoms with Crippen molar-refractivity contribution in [3.8, 4) is 5.69 Å². The van der Waals surface area contributed by atoms with E-state index in [-0.39, 0.29) is 29.4 Å². The van der Waals surface area contributed by atoms with Crippen molar-refractivity contribution in [2.75, 3.05) is 13.1 Å². The van der Waals surface area contributed by atoms with Gasteiger partial charge < -0.3 is 10.2 Å². The van der Waals surface area contributed by atoms with E-state index in [4.69, 9.17) is 11.6 Å². The van der Waals surface area contributed by atoms with Crippen molar-refractivity contribution < 1.29 is 14.0 Å². The molecule has 7 nitrogen and oxygen atoms in total. The molecule has 1 saturated heterocycles. The molecule has 30 heavy (non-hydrogen) atoms. The first-order valence-electron chi connectivity index (χ1n) is 9.53. The largest absolute Gasteiger partial charge is 0.349 e. The Kier molecular flexibility index (Phi) is 5.76. The van der Waals surface area contributed by atoms with Crippen molar-refractivity contribution in [1.29, 1.82) is 0 Å². The van der Waals surface area contributed by atoms with Crippen LogP contribution in [0.1, 0.15) is 33.7 Å². The third-order valence-electron chi connectivity index (χ3n) is 5.01. The molecule has 2 heterocycles. The Balaban J connectivity index is 1.33. The van der Waals surface area contributed by atoms with Gasteiger partial charge in [0.15, 0.2) is 5.69 Å². The van der Waals surface area contributed by atoms with E-state index in [0.717, 1.165) is 5.69 Å². The van der Waals surface area contributed by atoms with Crippen LogP contribution >= 0.6 is 11.6 Å². The number of carbonyl (C=O) groups excluding carboxylic acids is 2. The molecular formula is C21H19ClFN5O2. The minimum absolute atomic E-state index is 0.0475. The van der Waals surface area contributed by atoms with Gasteiger partial charge in [0.1, 0.15) is 5.82 Å². The van der Waals surface area contributed by atoms with Crippen LogP contribution in [0.5, 0.6) is 0 Å². The van der Waals surface area contributed by atoms with Gasteiger partial charge in [0.25, 0.3) is 11.8 Å². The third kappa shape index (κ3) is 4.49. The van der Waals surface area contributed by atoms with E-state index in [1.54, 1.807) is 29.3 Å². The number of hydrogen-bond donors (Lipinski definition) is 1. The minimum atomic E-state index is -0.384. The van der Waals surface area contributed by atoms with Gasteiger partial charge in [-0.3, -0.25) is 9.59 Å². The van der Waals surface area contributed by atoms with Crippen LogP contribution in [0.2, 0.25) is 5.02 Å². The highest BCUT2D eigenvalue weighted by Gasteiger charge is 2.26. The highest BCUT2D eigenvalue weighted by Crippen LogP contribution is 2.17. The first kappa shape index (κ1) is 20.0. The predicted molar refractivity (Wildman–Crippen MR) is 109 cm³/mol. The van der Waals surface area contributed by atoms with Crippen molar-refractivity contribution in [2.24, 2.45) is 0 Å². The number of benzene rings is 2. The van der Waals surface area contributed by atoms with E-state index >= 15 is 0 Å². The second-order valence-corrected chi connectivity index (χ2v) is 7.51. The van der Waals surface area contributed by atoms with Gasteiger partial charge in [-0.25, -0.2) is 9.07 Å². The van der Waals surface area contributed by atoms with Gasteiger partial charge in [0.2, 0.25) is 0 Å². The molecule has 0 aliphatic carbocycles. The molecule has 2 aromatic carbocycles. The molecule has 9 heteroatoms. The standard InChI is InChI=1S/C21H19ClFN5O2/c22-15-2-1-3-18(12-15)28-13-19(25-26-28)21(30)27-10-8-17(9-11-27)24-20(29)14-4-6-16(23)7-5-14/h1-7,12-13,17H,8-11H2,(H,24,29). The van der Waals surface area contributed by atoms with E-state index in [9.17, 15) is 14.0 Å². The second kappa shape index (κ2) is 8.62. The highest BCUT2D eigenvalue weighted by atomic mass is 35.5. The quantitative estimate of drug-likeness (QED) is 0.693. The Morgan fingerprint density at radius 1 is 1.10 bits per heavy atom. The Morgan fingerprint density at radius 3 is 2.53 bits per heavy atom. The highest BCUT2D eigenvalue weighted by molar-refractivity contribution is 6.30. The van der Waals surface area contributed by atoms with Gasteiger partial charge in [-0.05, 0) is 55.3 Å². The number of hydrogen-bond acceptors (Lipinski definition) is 4. The summed E-state index contributed by atoms with van der Waals surface area (Å²) in [5, 5.41) is 11.5. The number of amides is 2. The maximum absolute atomic E-state index is 13.0. The van der Waals surface area contributed by atoms with E-state index in [1.165, 1.54) is 28.9 Å². The monoisotopic (exact) mass is 427 g/mol. The molecule has 0 unspecified atom stereocenters. The summed E-state index contributed by atoms with van der Waals surface area (Å²) in [6, 6.07) is 12.5. The van der Waals surface area contributed by atoms with Gasteiger partial charge in [0, 0.05) is 29.7 Å². The number of nitrogens with zero attached hydrogens (tertiary/aromatic N) is 4. The predicted octanol–water partition coefficient (Wildman–Crippen LogP) is 3.09. The molecule has 0 spiro atoms. The first-order valence-corrected chi connectivity index (χ1v) is 9.91. The molecule has 3 aromatic rings. The van der Waals surface area contributed by atoms with Crippen LogP contribution in [0.25, 0.3) is 5.69 Å². The lowest BCUT2D eigenvalue weighted by Gasteiger charge is -2.31. The van der Waals surface area contributed by atoms with Crippen LogP contribution in [0.15, 0.2) is 54.7 Å². The molecule has 1 aromatic heterocycles. The van der Waals surface area contributed by atoms with Gasteiger partial charge in [-0.15, -0.1) is 5.10 Å². The zero-order valence-electron chi connectivity index (χ0n) is 16.0. The Bertz CT molecular complexity index is 1060. The lowest BCUT2D eigenvalue weighted by Crippen LogP contribution is -2.46. The summed E-state index contributed by atoms with van der Waals surface area (Å²) in [6.07, 6.45) is 2.83. The van der Waals surface area contributed by atoms with Crippen LogP contribution in [-0.4, -0.2) is 50.8 Å². The lowest BCUT2D eigenvalue weighted by atomic mass is 10.0. The normalized spacial score (nSPS) is 14.5. The SMILES string of the molecule is O=C(NC1CCN(C(=O)c2cn(-c3cccc(Cl)c3)nn2)CC1)c1ccc(F)cc1. The van der Waals surface area contributed by atoms with Crippen molar-refractivity contribution >= 4 is 23.4 Å². The van der Waals surface area contributed by atoms with Crippen molar-refractivity contribution in [2.45, 2.75) is 18.9 Å². The van der Waals surface area contributed by atoms with Crippen LogP contribution in [0.3, 0.4) is 0 Å². The molecule has 0 bridgehead atoms. The fourth-order valence-electron chi connectivity index (χ4n) is 3.37. The zero-order valence-corrected chi connectivity index (χ0v) is 16.7. The van der Waals surface area contributed by atoms with Crippen LogP contribution in [0.4, 0.5) is 4.39 Å².